The average molecular weight is 403 g/mol. The first-order valence-corrected chi connectivity index (χ1v) is 11.9. The standard InChI is InChI=1S/C25H36F2N2/c26-17-24(18-27)15-22(16-24)29-13-10-21(11-14-29)25(20-6-2-3-7-20)23-8-4-1-5-19(23)9-12-28-25/h1,4-5,8,20-22,28H,2-3,6-7,9-18H2. The normalized spacial score (nSPS) is 31.5. The minimum atomic E-state index is -0.656. The molecular formula is C25H36F2N2. The highest BCUT2D eigenvalue weighted by Gasteiger charge is 2.52. The van der Waals surface area contributed by atoms with E-state index in [9.17, 15) is 8.78 Å². The molecule has 2 heterocycles. The molecule has 2 nitrogen and oxygen atoms in total. The van der Waals surface area contributed by atoms with E-state index in [-0.39, 0.29) is 5.54 Å². The van der Waals surface area contributed by atoms with E-state index in [0.29, 0.717) is 24.8 Å². The average Bonchev–Trinajstić information content (AvgIpc) is 3.29. The maximum Gasteiger partial charge on any atom is 0.0976 e. The van der Waals surface area contributed by atoms with Crippen molar-refractivity contribution in [2.75, 3.05) is 33.0 Å². The van der Waals surface area contributed by atoms with E-state index in [1.165, 1.54) is 38.5 Å². The zero-order chi connectivity index (χ0) is 19.9. The summed E-state index contributed by atoms with van der Waals surface area (Å²) in [5, 5.41) is 4.09. The number of hydrogen-bond acceptors (Lipinski definition) is 2. The summed E-state index contributed by atoms with van der Waals surface area (Å²) in [5.74, 6) is 1.41. The van der Waals surface area contributed by atoms with Gasteiger partial charge in [0.15, 0.2) is 0 Å². The molecule has 1 aromatic rings. The number of likely N-dealkylation sites (tertiary alicyclic amines) is 1. The lowest BCUT2D eigenvalue weighted by Gasteiger charge is -2.55. The van der Waals surface area contributed by atoms with Crippen molar-refractivity contribution < 1.29 is 8.78 Å². The van der Waals surface area contributed by atoms with Crippen molar-refractivity contribution in [3.63, 3.8) is 0 Å². The Morgan fingerprint density at radius 3 is 2.28 bits per heavy atom. The van der Waals surface area contributed by atoms with E-state index in [2.05, 4.69) is 34.5 Å². The number of nitrogens with one attached hydrogen (secondary N) is 1. The first-order valence-electron chi connectivity index (χ1n) is 11.9. The van der Waals surface area contributed by atoms with Crippen LogP contribution >= 0.6 is 0 Å². The molecule has 2 saturated carbocycles. The topological polar surface area (TPSA) is 15.3 Å². The number of hydrogen-bond donors (Lipinski definition) is 1. The lowest BCUT2D eigenvalue weighted by molar-refractivity contribution is -0.0522. The molecule has 1 saturated heterocycles. The number of piperidine rings is 1. The van der Waals surface area contributed by atoms with Gasteiger partial charge in [0.05, 0.1) is 13.3 Å². The van der Waals surface area contributed by atoms with Gasteiger partial charge in [0, 0.05) is 23.5 Å². The molecule has 1 unspecified atom stereocenters. The third kappa shape index (κ3) is 3.26. The van der Waals surface area contributed by atoms with Gasteiger partial charge >= 0.3 is 0 Å². The highest BCUT2D eigenvalue weighted by molar-refractivity contribution is 5.38. The fourth-order valence-corrected chi connectivity index (χ4v) is 7.26. The second-order valence-corrected chi connectivity index (χ2v) is 10.3. The largest absolute Gasteiger partial charge is 0.307 e. The fraction of sp³-hybridized carbons (Fsp3) is 0.760. The summed E-state index contributed by atoms with van der Waals surface area (Å²) < 4.78 is 26.5. The van der Waals surface area contributed by atoms with Crippen molar-refractivity contribution in [2.45, 2.75) is 69.4 Å². The summed E-state index contributed by atoms with van der Waals surface area (Å²) >= 11 is 0. The second kappa shape index (κ2) is 7.92. The van der Waals surface area contributed by atoms with Crippen LogP contribution < -0.4 is 5.32 Å². The highest BCUT2D eigenvalue weighted by Crippen LogP contribution is 2.52. The van der Waals surface area contributed by atoms with Gasteiger partial charge in [-0.25, -0.2) is 0 Å². The van der Waals surface area contributed by atoms with Gasteiger partial charge in [-0.1, -0.05) is 37.1 Å². The monoisotopic (exact) mass is 402 g/mol. The van der Waals surface area contributed by atoms with Crippen molar-refractivity contribution >= 4 is 0 Å². The Morgan fingerprint density at radius 1 is 0.931 bits per heavy atom. The first kappa shape index (κ1) is 19.9. The van der Waals surface area contributed by atoms with Gasteiger partial charge in [-0.05, 0) is 81.0 Å². The number of nitrogens with zero attached hydrogens (tertiary/aromatic N) is 1. The molecule has 1 aromatic carbocycles. The summed E-state index contributed by atoms with van der Waals surface area (Å²) in [6.45, 7) is 2.26. The first-order chi connectivity index (χ1) is 14.2. The van der Waals surface area contributed by atoms with Crippen LogP contribution in [0.25, 0.3) is 0 Å². The van der Waals surface area contributed by atoms with E-state index in [4.69, 9.17) is 0 Å². The van der Waals surface area contributed by atoms with Crippen LogP contribution in [0.1, 0.15) is 62.5 Å². The van der Waals surface area contributed by atoms with Crippen LogP contribution in [0.5, 0.6) is 0 Å². The van der Waals surface area contributed by atoms with E-state index < -0.39 is 18.8 Å². The molecule has 0 aromatic heterocycles. The third-order valence-electron chi connectivity index (χ3n) is 8.87. The molecular weight excluding hydrogens is 366 g/mol. The summed E-state index contributed by atoms with van der Waals surface area (Å²) in [5.41, 5.74) is 2.61. The highest BCUT2D eigenvalue weighted by atomic mass is 19.1. The van der Waals surface area contributed by atoms with Crippen LogP contribution in [0.4, 0.5) is 8.78 Å². The smallest absolute Gasteiger partial charge is 0.0976 e. The molecule has 29 heavy (non-hydrogen) atoms. The van der Waals surface area contributed by atoms with Crippen LogP contribution in [0.3, 0.4) is 0 Å². The molecule has 0 spiro atoms. The Balaban J connectivity index is 1.34. The molecule has 2 aliphatic heterocycles. The van der Waals surface area contributed by atoms with Crippen LogP contribution in [0.15, 0.2) is 24.3 Å². The van der Waals surface area contributed by atoms with Crippen LogP contribution in [-0.4, -0.2) is 43.9 Å². The van der Waals surface area contributed by atoms with Gasteiger partial charge in [-0.15, -0.1) is 0 Å². The maximum absolute atomic E-state index is 13.2. The summed E-state index contributed by atoms with van der Waals surface area (Å²) in [4.78, 5) is 2.54. The zero-order valence-corrected chi connectivity index (χ0v) is 17.6. The van der Waals surface area contributed by atoms with E-state index in [0.717, 1.165) is 32.0 Å². The Kier molecular flexibility index (Phi) is 5.45. The van der Waals surface area contributed by atoms with Gasteiger partial charge in [0.1, 0.15) is 0 Å². The van der Waals surface area contributed by atoms with Crippen LogP contribution in [-0.2, 0) is 12.0 Å². The third-order valence-corrected chi connectivity index (χ3v) is 8.87. The van der Waals surface area contributed by atoms with Gasteiger partial charge in [-0.2, -0.15) is 0 Å². The maximum atomic E-state index is 13.2. The number of halogens is 2. The summed E-state index contributed by atoms with van der Waals surface area (Å²) in [7, 11) is 0. The minimum Gasteiger partial charge on any atom is -0.307 e. The SMILES string of the molecule is FCC1(CF)CC(N2CCC(C3(C4CCCC4)NCCc4ccccc43)CC2)C1. The van der Waals surface area contributed by atoms with Crippen LogP contribution in [0.2, 0.25) is 0 Å². The molecule has 2 aliphatic carbocycles. The molecule has 5 rings (SSSR count). The number of rotatable bonds is 5. The van der Waals surface area contributed by atoms with Crippen molar-refractivity contribution in [3.05, 3.63) is 35.4 Å². The molecule has 4 aliphatic rings. The molecule has 4 heteroatoms. The van der Waals surface area contributed by atoms with Gasteiger partial charge < -0.3 is 10.2 Å². The quantitative estimate of drug-likeness (QED) is 0.744. The zero-order valence-electron chi connectivity index (χ0n) is 17.6. The number of fused-ring (bicyclic) bond motifs is 1. The van der Waals surface area contributed by atoms with Crippen molar-refractivity contribution in [3.8, 4) is 0 Å². The Morgan fingerprint density at radius 2 is 1.59 bits per heavy atom. The number of benzene rings is 1. The Bertz CT molecular complexity index is 697. The summed E-state index contributed by atoms with van der Waals surface area (Å²) in [6, 6.07) is 9.57. The minimum absolute atomic E-state index is 0.138. The van der Waals surface area contributed by atoms with E-state index in [1.807, 2.05) is 0 Å². The van der Waals surface area contributed by atoms with Crippen molar-refractivity contribution in [1.82, 2.24) is 10.2 Å². The Hall–Kier alpha value is -1.00. The molecule has 3 fully saturated rings. The van der Waals surface area contributed by atoms with Gasteiger partial charge in [0.2, 0.25) is 0 Å². The lowest BCUT2D eigenvalue weighted by Crippen LogP contribution is -2.60. The molecule has 160 valence electrons. The van der Waals surface area contributed by atoms with E-state index in [1.54, 1.807) is 11.1 Å². The Labute approximate surface area is 174 Å². The lowest BCUT2D eigenvalue weighted by atomic mass is 9.62. The van der Waals surface area contributed by atoms with Crippen molar-refractivity contribution in [1.29, 1.82) is 0 Å². The molecule has 0 amide bonds. The molecule has 1 N–H and O–H groups in total. The number of alkyl halides is 2. The molecule has 0 radical (unpaired) electrons. The predicted molar refractivity (Wildman–Crippen MR) is 113 cm³/mol. The summed E-state index contributed by atoms with van der Waals surface area (Å²) in [6.07, 6.45) is 10.4. The van der Waals surface area contributed by atoms with E-state index >= 15 is 0 Å². The van der Waals surface area contributed by atoms with Gasteiger partial charge in [0.25, 0.3) is 0 Å². The molecule has 1 atom stereocenters. The van der Waals surface area contributed by atoms with Gasteiger partial charge in [-0.3, -0.25) is 8.78 Å². The fourth-order valence-electron chi connectivity index (χ4n) is 7.26. The van der Waals surface area contributed by atoms with Crippen molar-refractivity contribution in [2.24, 2.45) is 17.3 Å². The predicted octanol–water partition coefficient (Wildman–Crippen LogP) is 5.02. The molecule has 0 bridgehead atoms. The van der Waals surface area contributed by atoms with Crippen LogP contribution in [0, 0.1) is 17.3 Å². The second-order valence-electron chi connectivity index (χ2n) is 10.3.